The number of rotatable bonds is 4. The quantitative estimate of drug-likeness (QED) is 0.684. The molecule has 1 aromatic heterocycles. The molecule has 0 radical (unpaired) electrons. The van der Waals surface area contributed by atoms with Crippen LogP contribution >= 0.6 is 11.3 Å². The second-order valence-corrected chi connectivity index (χ2v) is 6.35. The monoisotopic (exact) mass is 340 g/mol. The van der Waals surface area contributed by atoms with Crippen LogP contribution in [0, 0.1) is 0 Å². The van der Waals surface area contributed by atoms with Gasteiger partial charge in [0, 0.05) is 19.7 Å². The summed E-state index contributed by atoms with van der Waals surface area (Å²) in [4.78, 5) is 30.5. The number of carbonyl (C=O) groups excluding carboxylic acids is 2. The fourth-order valence-electron chi connectivity index (χ4n) is 2.28. The third-order valence-corrected chi connectivity index (χ3v) is 4.35. The van der Waals surface area contributed by atoms with Crippen LogP contribution < -0.4 is 0 Å². The Morgan fingerprint density at radius 3 is 2.58 bits per heavy atom. The van der Waals surface area contributed by atoms with E-state index in [1.54, 1.807) is 49.9 Å². The summed E-state index contributed by atoms with van der Waals surface area (Å²) in [6, 6.07) is 14.2. The summed E-state index contributed by atoms with van der Waals surface area (Å²) in [6.07, 6.45) is -0.967. The zero-order valence-corrected chi connectivity index (χ0v) is 14.1. The van der Waals surface area contributed by atoms with Gasteiger partial charge < -0.3 is 9.64 Å². The van der Waals surface area contributed by atoms with E-state index < -0.39 is 12.1 Å². The van der Waals surface area contributed by atoms with E-state index in [2.05, 4.69) is 4.98 Å². The number of ether oxygens (including phenoxy) is 1. The van der Waals surface area contributed by atoms with E-state index in [-0.39, 0.29) is 5.91 Å². The first-order valence-corrected chi connectivity index (χ1v) is 8.24. The maximum atomic E-state index is 12.5. The van der Waals surface area contributed by atoms with Crippen molar-refractivity contribution < 1.29 is 14.3 Å². The van der Waals surface area contributed by atoms with E-state index in [0.29, 0.717) is 11.1 Å². The second kappa shape index (κ2) is 6.80. The Kier molecular flexibility index (Phi) is 4.57. The summed E-state index contributed by atoms with van der Waals surface area (Å²) in [6.45, 7) is 0. The predicted octanol–water partition coefficient (Wildman–Crippen LogP) is 3.28. The number of benzene rings is 2. The summed E-state index contributed by atoms with van der Waals surface area (Å²) in [7, 11) is 3.27. The van der Waals surface area contributed by atoms with Crippen molar-refractivity contribution in [1.82, 2.24) is 9.88 Å². The third kappa shape index (κ3) is 3.28. The lowest BCUT2D eigenvalue weighted by Crippen LogP contribution is -2.31. The van der Waals surface area contributed by atoms with Gasteiger partial charge in [0.1, 0.15) is 0 Å². The molecule has 0 saturated carbocycles. The van der Waals surface area contributed by atoms with Gasteiger partial charge in [-0.25, -0.2) is 9.78 Å². The number of esters is 1. The van der Waals surface area contributed by atoms with Crippen LogP contribution in [-0.2, 0) is 9.53 Å². The maximum absolute atomic E-state index is 12.5. The van der Waals surface area contributed by atoms with E-state index in [1.807, 2.05) is 18.2 Å². The molecule has 122 valence electrons. The van der Waals surface area contributed by atoms with Gasteiger partial charge in [-0.3, -0.25) is 4.79 Å². The van der Waals surface area contributed by atoms with Crippen LogP contribution in [0.5, 0.6) is 0 Å². The standard InChI is InChI=1S/C18H16N2O3S/c1-20(2)17(21)16(12-6-4-3-5-7-12)23-18(22)13-8-9-14-15(10-13)24-11-19-14/h3-11,16H,1-2H3/t16-/m1/s1. The molecular weight excluding hydrogens is 324 g/mol. The summed E-state index contributed by atoms with van der Waals surface area (Å²) in [5.41, 5.74) is 3.60. The Morgan fingerprint density at radius 2 is 1.88 bits per heavy atom. The number of hydrogen-bond acceptors (Lipinski definition) is 5. The third-order valence-electron chi connectivity index (χ3n) is 3.56. The van der Waals surface area contributed by atoms with Crippen LogP contribution in [0.1, 0.15) is 22.0 Å². The van der Waals surface area contributed by atoms with E-state index in [9.17, 15) is 9.59 Å². The first-order valence-electron chi connectivity index (χ1n) is 7.36. The SMILES string of the molecule is CN(C)C(=O)[C@H](OC(=O)c1ccc2ncsc2c1)c1ccccc1. The molecule has 0 aliphatic rings. The van der Waals surface area contributed by atoms with Crippen LogP contribution in [0.25, 0.3) is 10.2 Å². The molecule has 1 heterocycles. The van der Waals surface area contributed by atoms with Crippen molar-refractivity contribution in [2.45, 2.75) is 6.10 Å². The maximum Gasteiger partial charge on any atom is 0.339 e. The van der Waals surface area contributed by atoms with Gasteiger partial charge in [0.2, 0.25) is 6.10 Å². The number of likely N-dealkylation sites (N-methyl/N-ethyl adjacent to an activating group) is 1. The minimum atomic E-state index is -0.967. The molecule has 1 amide bonds. The molecule has 5 nitrogen and oxygen atoms in total. The van der Waals surface area contributed by atoms with Gasteiger partial charge in [0.15, 0.2) is 0 Å². The zero-order chi connectivity index (χ0) is 17.1. The normalized spacial score (nSPS) is 11.9. The van der Waals surface area contributed by atoms with Gasteiger partial charge in [-0.2, -0.15) is 0 Å². The highest BCUT2D eigenvalue weighted by Crippen LogP contribution is 2.24. The molecular formula is C18H16N2O3S. The lowest BCUT2D eigenvalue weighted by molar-refractivity contribution is -0.138. The van der Waals surface area contributed by atoms with Gasteiger partial charge >= 0.3 is 5.97 Å². The van der Waals surface area contributed by atoms with Gasteiger partial charge in [-0.1, -0.05) is 30.3 Å². The van der Waals surface area contributed by atoms with Crippen LogP contribution in [0.2, 0.25) is 0 Å². The van der Waals surface area contributed by atoms with Crippen molar-refractivity contribution in [2.75, 3.05) is 14.1 Å². The molecule has 2 aromatic carbocycles. The van der Waals surface area contributed by atoms with E-state index in [1.165, 1.54) is 16.2 Å². The minimum absolute atomic E-state index is 0.284. The number of nitrogens with zero attached hydrogens (tertiary/aromatic N) is 2. The fraction of sp³-hybridized carbons (Fsp3) is 0.167. The van der Waals surface area contributed by atoms with Crippen molar-refractivity contribution in [3.63, 3.8) is 0 Å². The number of hydrogen-bond donors (Lipinski definition) is 0. The number of thiazole rings is 1. The molecule has 0 saturated heterocycles. The smallest absolute Gasteiger partial charge is 0.339 e. The van der Waals surface area contributed by atoms with Crippen molar-refractivity contribution in [2.24, 2.45) is 0 Å². The molecule has 6 heteroatoms. The lowest BCUT2D eigenvalue weighted by Gasteiger charge is -2.21. The lowest BCUT2D eigenvalue weighted by atomic mass is 10.1. The fourth-order valence-corrected chi connectivity index (χ4v) is 3.00. The molecule has 0 aliphatic heterocycles. The summed E-state index contributed by atoms with van der Waals surface area (Å²) in [5, 5.41) is 0. The Bertz CT molecular complexity index is 874. The van der Waals surface area contributed by atoms with Crippen molar-refractivity contribution in [1.29, 1.82) is 0 Å². The number of fused-ring (bicyclic) bond motifs is 1. The Labute approximate surface area is 143 Å². The molecule has 3 rings (SSSR count). The average molecular weight is 340 g/mol. The van der Waals surface area contributed by atoms with Crippen LogP contribution in [0.4, 0.5) is 0 Å². The average Bonchev–Trinajstić information content (AvgIpc) is 3.07. The van der Waals surface area contributed by atoms with Crippen LogP contribution in [0.3, 0.4) is 0 Å². The molecule has 24 heavy (non-hydrogen) atoms. The van der Waals surface area contributed by atoms with Gasteiger partial charge in [0.05, 0.1) is 21.3 Å². The Balaban J connectivity index is 1.88. The molecule has 0 bridgehead atoms. The first-order chi connectivity index (χ1) is 11.6. The number of carbonyl (C=O) groups is 2. The van der Waals surface area contributed by atoms with E-state index in [0.717, 1.165) is 10.2 Å². The second-order valence-electron chi connectivity index (χ2n) is 5.46. The predicted molar refractivity (Wildman–Crippen MR) is 92.9 cm³/mol. The van der Waals surface area contributed by atoms with Crippen molar-refractivity contribution >= 4 is 33.4 Å². The Morgan fingerprint density at radius 1 is 1.12 bits per heavy atom. The first kappa shape index (κ1) is 16.1. The highest BCUT2D eigenvalue weighted by atomic mass is 32.1. The van der Waals surface area contributed by atoms with Gasteiger partial charge in [-0.05, 0) is 18.2 Å². The number of aromatic nitrogens is 1. The highest BCUT2D eigenvalue weighted by Gasteiger charge is 2.27. The molecule has 0 N–H and O–H groups in total. The van der Waals surface area contributed by atoms with E-state index in [4.69, 9.17) is 4.74 Å². The van der Waals surface area contributed by atoms with Crippen LogP contribution in [0.15, 0.2) is 54.0 Å². The molecule has 1 atom stereocenters. The van der Waals surface area contributed by atoms with Crippen molar-refractivity contribution in [3.8, 4) is 0 Å². The molecule has 0 fully saturated rings. The van der Waals surface area contributed by atoms with Gasteiger partial charge in [-0.15, -0.1) is 11.3 Å². The zero-order valence-electron chi connectivity index (χ0n) is 13.3. The minimum Gasteiger partial charge on any atom is -0.444 e. The van der Waals surface area contributed by atoms with Gasteiger partial charge in [0.25, 0.3) is 5.91 Å². The topological polar surface area (TPSA) is 59.5 Å². The largest absolute Gasteiger partial charge is 0.444 e. The number of amides is 1. The van der Waals surface area contributed by atoms with Crippen molar-refractivity contribution in [3.05, 3.63) is 65.2 Å². The summed E-state index contributed by atoms with van der Waals surface area (Å²) in [5.74, 6) is -0.817. The van der Waals surface area contributed by atoms with E-state index >= 15 is 0 Å². The molecule has 0 aliphatic carbocycles. The Hall–Kier alpha value is -2.73. The summed E-state index contributed by atoms with van der Waals surface area (Å²) < 4.78 is 6.43. The van der Waals surface area contributed by atoms with Crippen LogP contribution in [-0.4, -0.2) is 35.9 Å². The molecule has 0 unspecified atom stereocenters. The molecule has 0 spiro atoms. The molecule has 3 aromatic rings. The summed E-state index contributed by atoms with van der Waals surface area (Å²) >= 11 is 1.45. The highest BCUT2D eigenvalue weighted by molar-refractivity contribution is 7.16.